The summed E-state index contributed by atoms with van der Waals surface area (Å²) in [5, 5.41) is 8.89. The van der Waals surface area contributed by atoms with Crippen LogP contribution < -0.4 is 5.73 Å². The molecule has 2 N–H and O–H groups in total. The number of hydrogen-bond acceptors (Lipinski definition) is 4. The smallest absolute Gasteiger partial charge is 0.322 e. The molecule has 2 rings (SSSR count). The zero-order valence-corrected chi connectivity index (χ0v) is 13.5. The monoisotopic (exact) mass is 342 g/mol. The normalized spacial score (nSPS) is 12.4. The van der Waals surface area contributed by atoms with Crippen LogP contribution in [-0.2, 0) is 9.53 Å². The van der Waals surface area contributed by atoms with Gasteiger partial charge in [0.05, 0.1) is 18.7 Å². The van der Waals surface area contributed by atoms with E-state index in [0.29, 0.717) is 16.7 Å². The molecule has 0 saturated carbocycles. The number of hydrogen-bond donors (Lipinski definition) is 1. The van der Waals surface area contributed by atoms with E-state index in [1.807, 2.05) is 6.07 Å². The van der Waals surface area contributed by atoms with Crippen molar-refractivity contribution in [3.63, 3.8) is 0 Å². The molecule has 0 spiro atoms. The Kier molecular flexibility index (Phi) is 5.98. The number of benzene rings is 2. The lowest BCUT2D eigenvalue weighted by Gasteiger charge is -2.12. The molecule has 0 amide bonds. The quantitative estimate of drug-likeness (QED) is 0.847. The first kappa shape index (κ1) is 18.3. The summed E-state index contributed by atoms with van der Waals surface area (Å²) in [5.74, 6) is -2.01. The van der Waals surface area contributed by atoms with Crippen LogP contribution in [0.1, 0.15) is 23.1 Å². The molecular formula is C19H16F2N2O2. The van der Waals surface area contributed by atoms with Gasteiger partial charge in [0.25, 0.3) is 0 Å². The van der Waals surface area contributed by atoms with Crippen LogP contribution in [0, 0.1) is 23.0 Å². The molecule has 2 aromatic carbocycles. The van der Waals surface area contributed by atoms with Crippen LogP contribution in [0.25, 0.3) is 5.57 Å². The molecule has 1 unspecified atom stereocenters. The third kappa shape index (κ3) is 4.49. The molecule has 0 bridgehead atoms. The van der Waals surface area contributed by atoms with Crippen LogP contribution in [0.4, 0.5) is 8.78 Å². The van der Waals surface area contributed by atoms with Gasteiger partial charge in [-0.05, 0) is 41.8 Å². The van der Waals surface area contributed by atoms with Gasteiger partial charge in [-0.3, -0.25) is 4.79 Å². The maximum atomic E-state index is 14.2. The van der Waals surface area contributed by atoms with E-state index in [4.69, 9.17) is 11.0 Å². The van der Waals surface area contributed by atoms with Gasteiger partial charge in [-0.25, -0.2) is 8.78 Å². The minimum absolute atomic E-state index is 0.110. The molecule has 6 heteroatoms. The number of carbonyl (C=O) groups excluding carboxylic acids is 1. The molecule has 25 heavy (non-hydrogen) atoms. The maximum absolute atomic E-state index is 14.2. The fraction of sp³-hybridized carbons (Fsp3) is 0.158. The Morgan fingerprint density at radius 1 is 1.28 bits per heavy atom. The van der Waals surface area contributed by atoms with Gasteiger partial charge in [0.2, 0.25) is 0 Å². The number of rotatable bonds is 5. The molecule has 0 aliphatic heterocycles. The second kappa shape index (κ2) is 8.18. The fourth-order valence-corrected chi connectivity index (χ4v) is 2.31. The van der Waals surface area contributed by atoms with Crippen LogP contribution in [0.3, 0.4) is 0 Å². The summed E-state index contributed by atoms with van der Waals surface area (Å²) in [6, 6.07) is 10.8. The van der Waals surface area contributed by atoms with Crippen molar-refractivity contribution in [3.8, 4) is 6.07 Å². The van der Waals surface area contributed by atoms with E-state index in [9.17, 15) is 13.6 Å². The van der Waals surface area contributed by atoms with Crippen molar-refractivity contribution in [1.29, 1.82) is 5.26 Å². The first-order valence-electron chi connectivity index (χ1n) is 7.45. The topological polar surface area (TPSA) is 76.1 Å². The average molecular weight is 342 g/mol. The molecule has 0 heterocycles. The van der Waals surface area contributed by atoms with Crippen molar-refractivity contribution >= 4 is 11.5 Å². The molecule has 0 radical (unpaired) electrons. The van der Waals surface area contributed by atoms with Crippen molar-refractivity contribution in [2.75, 3.05) is 7.11 Å². The zero-order chi connectivity index (χ0) is 18.4. The summed E-state index contributed by atoms with van der Waals surface area (Å²) in [4.78, 5) is 11.5. The van der Waals surface area contributed by atoms with E-state index < -0.39 is 23.6 Å². The largest absolute Gasteiger partial charge is 0.468 e. The minimum Gasteiger partial charge on any atom is -0.468 e. The Balaban J connectivity index is 2.47. The highest BCUT2D eigenvalue weighted by molar-refractivity contribution is 5.81. The highest BCUT2D eigenvalue weighted by Crippen LogP contribution is 2.27. The molecule has 0 fully saturated rings. The van der Waals surface area contributed by atoms with Crippen molar-refractivity contribution < 1.29 is 18.3 Å². The van der Waals surface area contributed by atoms with E-state index in [1.54, 1.807) is 30.3 Å². The van der Waals surface area contributed by atoms with E-state index in [1.165, 1.54) is 13.2 Å². The van der Waals surface area contributed by atoms with Crippen molar-refractivity contribution in [1.82, 2.24) is 0 Å². The molecule has 128 valence electrons. The van der Waals surface area contributed by atoms with Crippen molar-refractivity contribution in [2.45, 2.75) is 12.5 Å². The third-order valence-corrected chi connectivity index (χ3v) is 3.63. The van der Waals surface area contributed by atoms with Gasteiger partial charge >= 0.3 is 5.97 Å². The highest BCUT2D eigenvalue weighted by Gasteiger charge is 2.15. The lowest BCUT2D eigenvalue weighted by atomic mass is 9.95. The Morgan fingerprint density at radius 2 is 1.96 bits per heavy atom. The van der Waals surface area contributed by atoms with Gasteiger partial charge in [-0.2, -0.15) is 5.26 Å². The van der Waals surface area contributed by atoms with E-state index in [2.05, 4.69) is 4.74 Å². The van der Waals surface area contributed by atoms with Gasteiger partial charge in [-0.1, -0.05) is 18.2 Å². The van der Waals surface area contributed by atoms with Crippen LogP contribution in [-0.4, -0.2) is 19.1 Å². The minimum atomic E-state index is -0.901. The van der Waals surface area contributed by atoms with Gasteiger partial charge in [0.15, 0.2) is 0 Å². The number of nitriles is 1. The maximum Gasteiger partial charge on any atom is 0.322 e. The Labute approximate surface area is 144 Å². The van der Waals surface area contributed by atoms with Gasteiger partial charge in [0.1, 0.15) is 17.7 Å². The van der Waals surface area contributed by atoms with Crippen LogP contribution in [0.2, 0.25) is 0 Å². The predicted octanol–water partition coefficient (Wildman–Crippen LogP) is 3.16. The number of ether oxygens (including phenoxy) is 1. The van der Waals surface area contributed by atoms with Crippen LogP contribution in [0.15, 0.2) is 48.5 Å². The van der Waals surface area contributed by atoms with Gasteiger partial charge in [0, 0.05) is 11.6 Å². The standard InChI is InChI=1S/C19H16F2N2O2/c1-25-19(24)18(23)9-8-15(13-4-2-12(11-22)3-5-13)16-7-6-14(20)10-17(16)21/h2-8,10,18H,9,23H2,1H3. The summed E-state index contributed by atoms with van der Waals surface area (Å²) in [6.45, 7) is 0. The predicted molar refractivity (Wildman–Crippen MR) is 89.2 cm³/mol. The first-order chi connectivity index (χ1) is 12.0. The molecule has 0 aromatic heterocycles. The van der Waals surface area contributed by atoms with E-state index in [-0.39, 0.29) is 12.0 Å². The number of carbonyl (C=O) groups is 1. The third-order valence-electron chi connectivity index (χ3n) is 3.63. The lowest BCUT2D eigenvalue weighted by Crippen LogP contribution is -2.30. The average Bonchev–Trinajstić information content (AvgIpc) is 2.62. The number of nitrogens with zero attached hydrogens (tertiary/aromatic N) is 1. The molecule has 2 aromatic rings. The SMILES string of the molecule is COC(=O)C(N)CC=C(c1ccc(C#N)cc1)c1ccc(F)cc1F. The van der Waals surface area contributed by atoms with Gasteiger partial charge in [-0.15, -0.1) is 0 Å². The molecule has 4 nitrogen and oxygen atoms in total. The molecule has 0 aliphatic rings. The van der Waals surface area contributed by atoms with Crippen molar-refractivity contribution in [3.05, 3.63) is 76.9 Å². The summed E-state index contributed by atoms with van der Waals surface area (Å²) in [5.41, 5.74) is 7.40. The van der Waals surface area contributed by atoms with E-state index >= 15 is 0 Å². The number of methoxy groups -OCH3 is 1. The van der Waals surface area contributed by atoms with Crippen LogP contribution >= 0.6 is 0 Å². The lowest BCUT2D eigenvalue weighted by molar-refractivity contribution is -0.142. The highest BCUT2D eigenvalue weighted by atomic mass is 19.1. The fourth-order valence-electron chi connectivity index (χ4n) is 2.31. The van der Waals surface area contributed by atoms with Crippen molar-refractivity contribution in [2.24, 2.45) is 5.73 Å². The van der Waals surface area contributed by atoms with E-state index in [0.717, 1.165) is 12.1 Å². The summed E-state index contributed by atoms with van der Waals surface area (Å²) >= 11 is 0. The second-order valence-electron chi connectivity index (χ2n) is 5.30. The zero-order valence-electron chi connectivity index (χ0n) is 13.5. The Morgan fingerprint density at radius 3 is 2.52 bits per heavy atom. The summed E-state index contributed by atoms with van der Waals surface area (Å²) < 4.78 is 32.0. The number of esters is 1. The summed E-state index contributed by atoms with van der Waals surface area (Å²) in [7, 11) is 1.23. The number of nitrogens with two attached hydrogens (primary N) is 1. The number of halogens is 2. The van der Waals surface area contributed by atoms with Crippen LogP contribution in [0.5, 0.6) is 0 Å². The molecule has 0 aliphatic carbocycles. The second-order valence-corrected chi connectivity index (χ2v) is 5.30. The molecule has 0 saturated heterocycles. The summed E-state index contributed by atoms with van der Waals surface area (Å²) in [6.07, 6.45) is 1.71. The molecular weight excluding hydrogens is 326 g/mol. The molecule has 1 atom stereocenters. The first-order valence-corrected chi connectivity index (χ1v) is 7.45. The Hall–Kier alpha value is -3.04. The Bertz CT molecular complexity index is 839. The van der Waals surface area contributed by atoms with Gasteiger partial charge < -0.3 is 10.5 Å².